The van der Waals surface area contributed by atoms with E-state index in [1.54, 1.807) is 30.3 Å². The zero-order chi connectivity index (χ0) is 16.8. The summed E-state index contributed by atoms with van der Waals surface area (Å²) in [5.74, 6) is -0.131. The highest BCUT2D eigenvalue weighted by Crippen LogP contribution is 2.25. The predicted octanol–water partition coefficient (Wildman–Crippen LogP) is 3.35. The Morgan fingerprint density at radius 3 is 2.52 bits per heavy atom. The van der Waals surface area contributed by atoms with Gasteiger partial charge in [0.05, 0.1) is 11.4 Å². The van der Waals surface area contributed by atoms with Crippen LogP contribution in [0.15, 0.2) is 42.5 Å². The van der Waals surface area contributed by atoms with Crippen LogP contribution in [0.25, 0.3) is 0 Å². The number of ketones is 1. The van der Waals surface area contributed by atoms with Crippen molar-refractivity contribution in [2.45, 2.75) is 20.3 Å². The summed E-state index contributed by atoms with van der Waals surface area (Å²) in [6, 6.07) is 12.3. The summed E-state index contributed by atoms with van der Waals surface area (Å²) >= 11 is 0. The number of nitrogens with two attached hydrogens (primary N) is 1. The molecule has 0 aliphatic rings. The first-order chi connectivity index (χ1) is 11.0. The standard InChI is InChI=1S/C18H21N3O2/c1-3-9-20-18(23)14-7-8-17(16(19)11-14)21-15-6-4-5-13(10-15)12(2)22/h4-8,10-11,21H,3,9,19H2,1-2H3,(H,20,23). The number of carbonyl (C=O) groups is 2. The number of benzene rings is 2. The monoisotopic (exact) mass is 311 g/mol. The number of rotatable bonds is 6. The summed E-state index contributed by atoms with van der Waals surface area (Å²) in [5, 5.41) is 5.98. The van der Waals surface area contributed by atoms with Crippen LogP contribution in [0.1, 0.15) is 41.0 Å². The molecule has 5 nitrogen and oxygen atoms in total. The van der Waals surface area contributed by atoms with Gasteiger partial charge in [-0.05, 0) is 43.7 Å². The zero-order valence-corrected chi connectivity index (χ0v) is 13.3. The van der Waals surface area contributed by atoms with E-state index < -0.39 is 0 Å². The smallest absolute Gasteiger partial charge is 0.251 e. The van der Waals surface area contributed by atoms with Crippen molar-refractivity contribution < 1.29 is 9.59 Å². The van der Waals surface area contributed by atoms with E-state index in [4.69, 9.17) is 5.73 Å². The van der Waals surface area contributed by atoms with E-state index in [0.29, 0.717) is 29.0 Å². The number of amides is 1. The van der Waals surface area contributed by atoms with Crippen molar-refractivity contribution in [1.29, 1.82) is 0 Å². The second-order valence-electron chi connectivity index (χ2n) is 5.32. The van der Waals surface area contributed by atoms with E-state index in [-0.39, 0.29) is 11.7 Å². The first kappa shape index (κ1) is 16.5. The molecule has 0 saturated carbocycles. The summed E-state index contributed by atoms with van der Waals surface area (Å²) in [4.78, 5) is 23.3. The summed E-state index contributed by atoms with van der Waals surface area (Å²) in [5.41, 5.74) is 9.12. The largest absolute Gasteiger partial charge is 0.397 e. The van der Waals surface area contributed by atoms with Crippen LogP contribution in [-0.2, 0) is 0 Å². The lowest BCUT2D eigenvalue weighted by molar-refractivity contribution is 0.0952. The van der Waals surface area contributed by atoms with E-state index in [1.807, 2.05) is 19.1 Å². The molecule has 0 atom stereocenters. The topological polar surface area (TPSA) is 84.2 Å². The van der Waals surface area contributed by atoms with Gasteiger partial charge in [-0.3, -0.25) is 9.59 Å². The SMILES string of the molecule is CCCNC(=O)c1ccc(Nc2cccc(C(C)=O)c2)c(N)c1. The number of carbonyl (C=O) groups excluding carboxylic acids is 2. The molecule has 0 saturated heterocycles. The molecule has 120 valence electrons. The summed E-state index contributed by atoms with van der Waals surface area (Å²) in [6.07, 6.45) is 0.882. The molecule has 0 spiro atoms. The third-order valence-electron chi connectivity index (χ3n) is 3.40. The molecule has 0 radical (unpaired) electrons. The molecular weight excluding hydrogens is 290 g/mol. The van der Waals surface area contributed by atoms with Gasteiger partial charge in [-0.25, -0.2) is 0 Å². The van der Waals surface area contributed by atoms with Crippen LogP contribution in [0.4, 0.5) is 17.1 Å². The molecule has 0 bridgehead atoms. The lowest BCUT2D eigenvalue weighted by Crippen LogP contribution is -2.24. The van der Waals surface area contributed by atoms with Crippen molar-refractivity contribution in [2.75, 3.05) is 17.6 Å². The van der Waals surface area contributed by atoms with Gasteiger partial charge in [0.15, 0.2) is 5.78 Å². The van der Waals surface area contributed by atoms with Crippen molar-refractivity contribution in [2.24, 2.45) is 0 Å². The van der Waals surface area contributed by atoms with E-state index in [1.165, 1.54) is 6.92 Å². The van der Waals surface area contributed by atoms with Crippen LogP contribution in [0.2, 0.25) is 0 Å². The first-order valence-corrected chi connectivity index (χ1v) is 7.57. The zero-order valence-electron chi connectivity index (χ0n) is 13.3. The third-order valence-corrected chi connectivity index (χ3v) is 3.40. The fraction of sp³-hybridized carbons (Fsp3) is 0.222. The van der Waals surface area contributed by atoms with Gasteiger partial charge in [-0.1, -0.05) is 19.1 Å². The molecule has 23 heavy (non-hydrogen) atoms. The average molecular weight is 311 g/mol. The highest BCUT2D eigenvalue weighted by molar-refractivity contribution is 5.97. The van der Waals surface area contributed by atoms with Crippen molar-refractivity contribution in [3.63, 3.8) is 0 Å². The number of hydrogen-bond donors (Lipinski definition) is 3. The Morgan fingerprint density at radius 2 is 1.87 bits per heavy atom. The summed E-state index contributed by atoms with van der Waals surface area (Å²) in [6.45, 7) is 4.16. The van der Waals surface area contributed by atoms with Crippen molar-refractivity contribution >= 4 is 28.8 Å². The molecule has 4 N–H and O–H groups in total. The molecule has 0 unspecified atom stereocenters. The molecule has 5 heteroatoms. The van der Waals surface area contributed by atoms with Gasteiger partial charge < -0.3 is 16.4 Å². The molecule has 0 heterocycles. The Bertz CT molecular complexity index is 726. The quantitative estimate of drug-likeness (QED) is 0.564. The lowest BCUT2D eigenvalue weighted by atomic mass is 10.1. The Morgan fingerprint density at radius 1 is 1.09 bits per heavy atom. The van der Waals surface area contributed by atoms with Gasteiger partial charge in [-0.15, -0.1) is 0 Å². The third kappa shape index (κ3) is 4.32. The molecular formula is C18H21N3O2. The Balaban J connectivity index is 2.17. The number of nitrogens with one attached hydrogen (secondary N) is 2. The minimum Gasteiger partial charge on any atom is -0.397 e. The van der Waals surface area contributed by atoms with E-state index in [0.717, 1.165) is 12.1 Å². The maximum absolute atomic E-state index is 11.9. The molecule has 2 aromatic carbocycles. The summed E-state index contributed by atoms with van der Waals surface area (Å²) < 4.78 is 0. The predicted molar refractivity (Wildman–Crippen MR) is 93.2 cm³/mol. The maximum atomic E-state index is 11.9. The van der Waals surface area contributed by atoms with Gasteiger partial charge in [0.2, 0.25) is 0 Å². The highest BCUT2D eigenvalue weighted by Gasteiger charge is 2.08. The minimum absolute atomic E-state index is 0.00423. The Labute approximate surface area is 135 Å². The van der Waals surface area contributed by atoms with Crippen LogP contribution in [-0.4, -0.2) is 18.2 Å². The van der Waals surface area contributed by atoms with Crippen molar-refractivity contribution in [1.82, 2.24) is 5.32 Å². The van der Waals surface area contributed by atoms with E-state index in [2.05, 4.69) is 10.6 Å². The highest BCUT2D eigenvalue weighted by atomic mass is 16.1. The molecule has 0 fully saturated rings. The second kappa shape index (κ2) is 7.45. The van der Waals surface area contributed by atoms with E-state index >= 15 is 0 Å². The van der Waals surface area contributed by atoms with Gasteiger partial charge in [-0.2, -0.15) is 0 Å². The number of hydrogen-bond acceptors (Lipinski definition) is 4. The van der Waals surface area contributed by atoms with Gasteiger partial charge in [0, 0.05) is 23.4 Å². The average Bonchev–Trinajstić information content (AvgIpc) is 2.54. The van der Waals surface area contributed by atoms with Crippen LogP contribution < -0.4 is 16.4 Å². The minimum atomic E-state index is -0.135. The Kier molecular flexibility index (Phi) is 5.36. The van der Waals surface area contributed by atoms with Crippen molar-refractivity contribution in [3.8, 4) is 0 Å². The molecule has 1 amide bonds. The maximum Gasteiger partial charge on any atom is 0.251 e. The molecule has 0 aromatic heterocycles. The fourth-order valence-electron chi connectivity index (χ4n) is 2.13. The van der Waals surface area contributed by atoms with Crippen LogP contribution in [0.3, 0.4) is 0 Å². The van der Waals surface area contributed by atoms with Gasteiger partial charge >= 0.3 is 0 Å². The van der Waals surface area contributed by atoms with Crippen LogP contribution in [0.5, 0.6) is 0 Å². The molecule has 2 rings (SSSR count). The lowest BCUT2D eigenvalue weighted by Gasteiger charge is -2.12. The van der Waals surface area contributed by atoms with Crippen LogP contribution >= 0.6 is 0 Å². The number of Topliss-reactive ketones (excluding diaryl/α,β-unsaturated/α-hetero) is 1. The normalized spacial score (nSPS) is 10.2. The van der Waals surface area contributed by atoms with Crippen LogP contribution in [0, 0.1) is 0 Å². The second-order valence-corrected chi connectivity index (χ2v) is 5.32. The van der Waals surface area contributed by atoms with Crippen molar-refractivity contribution in [3.05, 3.63) is 53.6 Å². The molecule has 0 aliphatic heterocycles. The summed E-state index contributed by atoms with van der Waals surface area (Å²) in [7, 11) is 0. The first-order valence-electron chi connectivity index (χ1n) is 7.57. The van der Waals surface area contributed by atoms with E-state index in [9.17, 15) is 9.59 Å². The fourth-order valence-corrected chi connectivity index (χ4v) is 2.13. The molecule has 2 aromatic rings. The Hall–Kier alpha value is -2.82. The van der Waals surface area contributed by atoms with Gasteiger partial charge in [0.1, 0.15) is 0 Å². The number of anilines is 3. The van der Waals surface area contributed by atoms with Gasteiger partial charge in [0.25, 0.3) is 5.91 Å². The number of nitrogen functional groups attached to an aromatic ring is 1. The molecule has 0 aliphatic carbocycles.